The minimum Gasteiger partial charge on any atom is -0.309 e. The van der Waals surface area contributed by atoms with Gasteiger partial charge in [-0.05, 0) is 89.6 Å². The molecule has 0 saturated carbocycles. The van der Waals surface area contributed by atoms with Crippen LogP contribution in [0.5, 0.6) is 0 Å². The van der Waals surface area contributed by atoms with Crippen molar-refractivity contribution in [3.63, 3.8) is 0 Å². The second-order valence-corrected chi connectivity index (χ2v) is 15.9. The SMILES string of the molecule is c1ccc2c(c1)sc1ccc(-c3cc(-c4ccc5sc6ccccc6c5c4)nc(-c4ccc(-n5c6cccc7ccc8cccc5c8c76)cc4)n3)cc12. The van der Waals surface area contributed by atoms with Crippen molar-refractivity contribution in [1.29, 1.82) is 0 Å². The molecule has 0 amide bonds. The lowest BCUT2D eigenvalue weighted by atomic mass is 10.0. The first-order valence-electron chi connectivity index (χ1n) is 17.8. The van der Waals surface area contributed by atoms with Gasteiger partial charge in [0.1, 0.15) is 0 Å². The highest BCUT2D eigenvalue weighted by Gasteiger charge is 2.18. The fraction of sp³-hybridized carbons (Fsp3) is 0. The maximum Gasteiger partial charge on any atom is 0.160 e. The standard InChI is InChI=1S/C48H27N3S2/c1-3-13-42-34(9-1)36-25-31(19-23-44(36)52-42)38-27-39(32-20-24-45-37(26-32)35-10-2-4-14-43(35)53-45)50-48(49-38)30-17-21-33(22-18-30)51-40-11-5-7-28-15-16-29-8-6-12-41(51)47(29)46(28)40/h1-27H. The van der Waals surface area contributed by atoms with Gasteiger partial charge in [0, 0.05) is 73.5 Å². The summed E-state index contributed by atoms with van der Waals surface area (Å²) < 4.78 is 7.55. The molecule has 4 aromatic heterocycles. The first kappa shape index (κ1) is 29.2. The molecule has 0 radical (unpaired) electrons. The van der Waals surface area contributed by atoms with Gasteiger partial charge in [0.2, 0.25) is 0 Å². The molecular weight excluding hydrogens is 683 g/mol. The van der Waals surface area contributed by atoms with E-state index in [0.29, 0.717) is 5.82 Å². The van der Waals surface area contributed by atoms with Gasteiger partial charge in [-0.1, -0.05) is 84.9 Å². The number of benzene rings is 8. The number of thiophene rings is 2. The maximum absolute atomic E-state index is 5.28. The quantitative estimate of drug-likeness (QED) is 0.170. The van der Waals surface area contributed by atoms with Crippen LogP contribution in [-0.2, 0) is 0 Å². The predicted octanol–water partition coefficient (Wildman–Crippen LogP) is 13.9. The van der Waals surface area contributed by atoms with Crippen LogP contribution in [0.2, 0.25) is 0 Å². The summed E-state index contributed by atoms with van der Waals surface area (Å²) in [6.07, 6.45) is 0. The first-order valence-corrected chi connectivity index (χ1v) is 19.4. The molecule has 0 saturated heterocycles. The summed E-state index contributed by atoms with van der Waals surface area (Å²) in [4.78, 5) is 10.6. The number of fused-ring (bicyclic) bond motifs is 6. The largest absolute Gasteiger partial charge is 0.309 e. The lowest BCUT2D eigenvalue weighted by molar-refractivity contribution is 1.16. The molecule has 0 atom stereocenters. The molecule has 0 aliphatic rings. The Morgan fingerprint density at radius 1 is 0.377 bits per heavy atom. The van der Waals surface area contributed by atoms with Crippen LogP contribution in [0.4, 0.5) is 0 Å². The Hall–Kier alpha value is -6.40. The Morgan fingerprint density at radius 3 is 1.42 bits per heavy atom. The Bertz CT molecular complexity index is 3200. The van der Waals surface area contributed by atoms with Gasteiger partial charge in [-0.3, -0.25) is 0 Å². The second-order valence-electron chi connectivity index (χ2n) is 13.8. The van der Waals surface area contributed by atoms with Gasteiger partial charge >= 0.3 is 0 Å². The number of aromatic nitrogens is 3. The summed E-state index contributed by atoms with van der Waals surface area (Å²) in [7, 11) is 0. The van der Waals surface area contributed by atoms with Gasteiger partial charge in [-0.25, -0.2) is 9.97 Å². The van der Waals surface area contributed by atoms with Crippen LogP contribution in [0.25, 0.3) is 113 Å². The maximum atomic E-state index is 5.28. The van der Waals surface area contributed by atoms with Crippen molar-refractivity contribution in [3.8, 4) is 39.6 Å². The molecule has 0 N–H and O–H groups in total. The molecule has 4 heterocycles. The van der Waals surface area contributed by atoms with Crippen molar-refractivity contribution < 1.29 is 0 Å². The van der Waals surface area contributed by atoms with Crippen LogP contribution >= 0.6 is 22.7 Å². The topological polar surface area (TPSA) is 30.7 Å². The Kier molecular flexibility index (Phi) is 6.09. The zero-order chi connectivity index (χ0) is 34.6. The molecule has 12 aromatic rings. The number of nitrogens with zero attached hydrogens (tertiary/aromatic N) is 3. The summed E-state index contributed by atoms with van der Waals surface area (Å²) in [5.74, 6) is 0.712. The van der Waals surface area contributed by atoms with Crippen molar-refractivity contribution >= 4 is 95.6 Å². The van der Waals surface area contributed by atoms with Crippen LogP contribution in [0.1, 0.15) is 0 Å². The number of rotatable bonds is 4. The predicted molar refractivity (Wildman–Crippen MR) is 227 cm³/mol. The van der Waals surface area contributed by atoms with Crippen molar-refractivity contribution in [2.45, 2.75) is 0 Å². The van der Waals surface area contributed by atoms with E-state index in [0.717, 1.165) is 33.8 Å². The van der Waals surface area contributed by atoms with Crippen LogP contribution in [0.15, 0.2) is 164 Å². The molecule has 0 aliphatic carbocycles. The summed E-state index contributed by atoms with van der Waals surface area (Å²) in [6.45, 7) is 0. The van der Waals surface area contributed by atoms with Crippen molar-refractivity contribution in [2.75, 3.05) is 0 Å². The minimum atomic E-state index is 0.712. The lowest BCUT2D eigenvalue weighted by Crippen LogP contribution is -1.97. The molecule has 53 heavy (non-hydrogen) atoms. The van der Waals surface area contributed by atoms with Crippen LogP contribution in [-0.4, -0.2) is 14.5 Å². The van der Waals surface area contributed by atoms with Crippen LogP contribution in [0.3, 0.4) is 0 Å². The van der Waals surface area contributed by atoms with Crippen molar-refractivity contribution in [2.24, 2.45) is 0 Å². The van der Waals surface area contributed by atoms with Crippen LogP contribution < -0.4 is 0 Å². The van der Waals surface area contributed by atoms with Gasteiger partial charge in [-0.15, -0.1) is 22.7 Å². The van der Waals surface area contributed by atoms with E-state index in [4.69, 9.17) is 9.97 Å². The van der Waals surface area contributed by atoms with Gasteiger partial charge in [0.15, 0.2) is 5.82 Å². The number of hydrogen-bond acceptors (Lipinski definition) is 4. The van der Waals surface area contributed by atoms with Crippen LogP contribution in [0, 0.1) is 0 Å². The third-order valence-electron chi connectivity index (χ3n) is 10.8. The average molecular weight is 710 g/mol. The molecule has 0 fully saturated rings. The monoisotopic (exact) mass is 709 g/mol. The highest BCUT2D eigenvalue weighted by atomic mass is 32.1. The zero-order valence-electron chi connectivity index (χ0n) is 28.2. The van der Waals surface area contributed by atoms with Gasteiger partial charge in [-0.2, -0.15) is 0 Å². The van der Waals surface area contributed by atoms with E-state index in [1.165, 1.54) is 72.9 Å². The minimum absolute atomic E-state index is 0.712. The molecule has 246 valence electrons. The normalized spacial score (nSPS) is 12.2. The van der Waals surface area contributed by atoms with Crippen molar-refractivity contribution in [1.82, 2.24) is 14.5 Å². The van der Waals surface area contributed by atoms with Crippen molar-refractivity contribution in [3.05, 3.63) is 164 Å². The summed E-state index contributed by atoms with van der Waals surface area (Å²) in [6, 6.07) is 59.4. The molecule has 12 rings (SSSR count). The second kappa shape index (κ2) is 11.1. The summed E-state index contributed by atoms with van der Waals surface area (Å²) >= 11 is 3.67. The van der Waals surface area contributed by atoms with E-state index in [1.807, 2.05) is 22.7 Å². The Balaban J connectivity index is 1.04. The van der Waals surface area contributed by atoms with Gasteiger partial charge < -0.3 is 4.57 Å². The third-order valence-corrected chi connectivity index (χ3v) is 13.1. The van der Waals surface area contributed by atoms with Gasteiger partial charge in [0.25, 0.3) is 0 Å². The fourth-order valence-corrected chi connectivity index (χ4v) is 10.5. The van der Waals surface area contributed by atoms with E-state index >= 15 is 0 Å². The molecule has 0 bridgehead atoms. The van der Waals surface area contributed by atoms with E-state index in [2.05, 4.69) is 168 Å². The third kappa shape index (κ3) is 4.38. The highest BCUT2D eigenvalue weighted by molar-refractivity contribution is 7.26. The molecular formula is C48H27N3S2. The fourth-order valence-electron chi connectivity index (χ4n) is 8.30. The van der Waals surface area contributed by atoms with E-state index in [9.17, 15) is 0 Å². The van der Waals surface area contributed by atoms with E-state index < -0.39 is 0 Å². The summed E-state index contributed by atoms with van der Waals surface area (Å²) in [5, 5.41) is 10.2. The average Bonchev–Trinajstić information content (AvgIpc) is 3.90. The lowest BCUT2D eigenvalue weighted by Gasteiger charge is -2.12. The van der Waals surface area contributed by atoms with E-state index in [-0.39, 0.29) is 0 Å². The molecule has 0 aliphatic heterocycles. The summed E-state index contributed by atoms with van der Waals surface area (Å²) in [5.41, 5.74) is 8.52. The first-order chi connectivity index (χ1) is 26.2. The molecule has 0 unspecified atom stereocenters. The van der Waals surface area contributed by atoms with Gasteiger partial charge in [0.05, 0.1) is 22.4 Å². The molecule has 8 aromatic carbocycles. The molecule has 3 nitrogen and oxygen atoms in total. The highest BCUT2D eigenvalue weighted by Crippen LogP contribution is 2.41. The molecule has 0 spiro atoms. The zero-order valence-corrected chi connectivity index (χ0v) is 29.9. The van der Waals surface area contributed by atoms with E-state index in [1.54, 1.807) is 0 Å². The smallest absolute Gasteiger partial charge is 0.160 e. The number of hydrogen-bond donors (Lipinski definition) is 0. The Morgan fingerprint density at radius 2 is 0.868 bits per heavy atom. The molecule has 5 heteroatoms. The Labute approximate surface area is 312 Å².